The van der Waals surface area contributed by atoms with Gasteiger partial charge in [-0.1, -0.05) is 6.07 Å². The molecule has 0 bridgehead atoms. The zero-order chi connectivity index (χ0) is 23.4. The molecule has 0 aromatic carbocycles. The van der Waals surface area contributed by atoms with Crippen LogP contribution < -0.4 is 10.6 Å². The topological polar surface area (TPSA) is 118 Å². The molecular formula is C24H32N4O5. The van der Waals surface area contributed by atoms with Gasteiger partial charge in [0.2, 0.25) is 17.7 Å². The second-order valence-electron chi connectivity index (χ2n) is 9.30. The first kappa shape index (κ1) is 23.2. The molecule has 1 saturated carbocycles. The van der Waals surface area contributed by atoms with Crippen molar-refractivity contribution in [3.05, 3.63) is 23.9 Å². The van der Waals surface area contributed by atoms with Crippen LogP contribution in [0.1, 0.15) is 62.8 Å². The van der Waals surface area contributed by atoms with Crippen LogP contribution in [0.2, 0.25) is 0 Å². The molecule has 2 aliphatic heterocycles. The molecule has 3 fully saturated rings. The second-order valence-corrected chi connectivity index (χ2v) is 9.30. The van der Waals surface area contributed by atoms with Gasteiger partial charge in [-0.15, -0.1) is 0 Å². The van der Waals surface area contributed by atoms with Crippen LogP contribution in [0.3, 0.4) is 0 Å². The fourth-order valence-corrected chi connectivity index (χ4v) is 5.16. The number of methoxy groups -OCH3 is 1. The van der Waals surface area contributed by atoms with Gasteiger partial charge in [-0.2, -0.15) is 0 Å². The van der Waals surface area contributed by atoms with Crippen molar-refractivity contribution >= 4 is 29.5 Å². The zero-order valence-electron chi connectivity index (χ0n) is 19.0. The van der Waals surface area contributed by atoms with Gasteiger partial charge >= 0.3 is 5.97 Å². The molecule has 9 nitrogen and oxygen atoms in total. The molecular weight excluding hydrogens is 424 g/mol. The third kappa shape index (κ3) is 5.51. The highest BCUT2D eigenvalue weighted by atomic mass is 16.5. The highest BCUT2D eigenvalue weighted by molar-refractivity contribution is 6.00. The Morgan fingerprint density at radius 2 is 1.73 bits per heavy atom. The number of hydrogen-bond acceptors (Lipinski definition) is 7. The van der Waals surface area contributed by atoms with Gasteiger partial charge in [0.25, 0.3) is 0 Å². The Morgan fingerprint density at radius 1 is 1.03 bits per heavy atom. The molecule has 1 aliphatic carbocycles. The molecule has 1 atom stereocenters. The standard InChI is InChI=1S/C24H32N4O5/c1-33-24(32)16-4-2-15(3-5-16)23(31)28-12-10-18(11-13-28)26-20-8-6-17(14-25-20)19-7-9-21(29)27-22(19)30/h6,8,14-16,18-19H,2-5,7,9-13H2,1H3,(H,25,26)(H,27,29,30)/t15-,16-,19?. The van der Waals surface area contributed by atoms with E-state index in [1.54, 1.807) is 6.20 Å². The number of likely N-dealkylation sites (tertiary alicyclic amines) is 1. The summed E-state index contributed by atoms with van der Waals surface area (Å²) in [6, 6.07) is 3.99. The minimum Gasteiger partial charge on any atom is -0.469 e. The predicted octanol–water partition coefficient (Wildman–Crippen LogP) is 1.98. The van der Waals surface area contributed by atoms with Crippen molar-refractivity contribution in [2.45, 2.75) is 63.3 Å². The monoisotopic (exact) mass is 456 g/mol. The van der Waals surface area contributed by atoms with Gasteiger partial charge < -0.3 is 15.0 Å². The summed E-state index contributed by atoms with van der Waals surface area (Å²) in [5.74, 6) is -0.0706. The molecule has 1 unspecified atom stereocenters. The predicted molar refractivity (Wildman–Crippen MR) is 120 cm³/mol. The van der Waals surface area contributed by atoms with Crippen molar-refractivity contribution < 1.29 is 23.9 Å². The number of esters is 1. The van der Waals surface area contributed by atoms with Crippen LogP contribution in [0.25, 0.3) is 0 Å². The van der Waals surface area contributed by atoms with E-state index in [4.69, 9.17) is 4.74 Å². The van der Waals surface area contributed by atoms with Gasteiger partial charge in [0, 0.05) is 37.7 Å². The van der Waals surface area contributed by atoms with Crippen LogP contribution in [-0.2, 0) is 23.9 Å². The van der Waals surface area contributed by atoms with E-state index < -0.39 is 0 Å². The fraction of sp³-hybridized carbons (Fsp3) is 0.625. The molecule has 0 spiro atoms. The van der Waals surface area contributed by atoms with Gasteiger partial charge in [0.15, 0.2) is 0 Å². The molecule has 3 aliphatic rings. The van der Waals surface area contributed by atoms with Crippen molar-refractivity contribution in [3.8, 4) is 0 Å². The molecule has 3 amide bonds. The summed E-state index contributed by atoms with van der Waals surface area (Å²) < 4.78 is 4.83. The van der Waals surface area contributed by atoms with Gasteiger partial charge in [-0.25, -0.2) is 4.98 Å². The normalized spacial score (nSPS) is 26.5. The third-order valence-corrected chi connectivity index (χ3v) is 7.20. The van der Waals surface area contributed by atoms with E-state index in [1.807, 2.05) is 17.0 Å². The lowest BCUT2D eigenvalue weighted by Gasteiger charge is -2.36. The average Bonchev–Trinajstić information content (AvgIpc) is 2.84. The van der Waals surface area contributed by atoms with E-state index in [1.165, 1.54) is 7.11 Å². The van der Waals surface area contributed by atoms with E-state index in [-0.39, 0.29) is 47.5 Å². The molecule has 1 aromatic rings. The molecule has 2 N–H and O–H groups in total. The van der Waals surface area contributed by atoms with E-state index in [9.17, 15) is 19.2 Å². The van der Waals surface area contributed by atoms with Crippen molar-refractivity contribution in [1.82, 2.24) is 15.2 Å². The number of carbonyl (C=O) groups excluding carboxylic acids is 4. The Hall–Kier alpha value is -2.97. The number of carbonyl (C=O) groups is 4. The van der Waals surface area contributed by atoms with Crippen molar-refractivity contribution in [3.63, 3.8) is 0 Å². The molecule has 33 heavy (non-hydrogen) atoms. The van der Waals surface area contributed by atoms with Crippen LogP contribution >= 0.6 is 0 Å². The van der Waals surface area contributed by atoms with E-state index in [0.717, 1.165) is 49.9 Å². The molecule has 9 heteroatoms. The second kappa shape index (κ2) is 10.3. The highest BCUT2D eigenvalue weighted by Gasteiger charge is 2.34. The number of amides is 3. The minimum absolute atomic E-state index is 0.0110. The van der Waals surface area contributed by atoms with Crippen molar-refractivity contribution in [2.24, 2.45) is 11.8 Å². The summed E-state index contributed by atoms with van der Waals surface area (Å²) in [6.07, 6.45) is 7.20. The Balaban J connectivity index is 1.22. The lowest BCUT2D eigenvalue weighted by molar-refractivity contribution is -0.148. The number of imide groups is 1. The Bertz CT molecular complexity index is 887. The number of rotatable bonds is 5. The van der Waals surface area contributed by atoms with Gasteiger partial charge in [0.05, 0.1) is 18.9 Å². The quantitative estimate of drug-likeness (QED) is 0.514. The third-order valence-electron chi connectivity index (χ3n) is 7.20. The number of aromatic nitrogens is 1. The van der Waals surface area contributed by atoms with Crippen LogP contribution in [0.4, 0.5) is 5.82 Å². The molecule has 0 radical (unpaired) electrons. The van der Waals surface area contributed by atoms with Crippen molar-refractivity contribution in [2.75, 3.05) is 25.5 Å². The maximum absolute atomic E-state index is 12.9. The number of hydrogen-bond donors (Lipinski definition) is 2. The van der Waals surface area contributed by atoms with Crippen LogP contribution in [-0.4, -0.2) is 59.8 Å². The smallest absolute Gasteiger partial charge is 0.308 e. The average molecular weight is 457 g/mol. The molecule has 3 heterocycles. The maximum atomic E-state index is 12.9. The van der Waals surface area contributed by atoms with Crippen LogP contribution in [0.5, 0.6) is 0 Å². The maximum Gasteiger partial charge on any atom is 0.308 e. The number of nitrogens with one attached hydrogen (secondary N) is 2. The first-order valence-corrected chi connectivity index (χ1v) is 11.9. The Labute approximate surface area is 193 Å². The lowest BCUT2D eigenvalue weighted by Crippen LogP contribution is -2.45. The number of pyridine rings is 1. The number of piperidine rings is 2. The van der Waals surface area contributed by atoms with Crippen molar-refractivity contribution in [1.29, 1.82) is 0 Å². The van der Waals surface area contributed by atoms with E-state index in [0.29, 0.717) is 25.9 Å². The molecule has 1 aromatic heterocycles. The first-order chi connectivity index (χ1) is 15.9. The van der Waals surface area contributed by atoms with E-state index >= 15 is 0 Å². The van der Waals surface area contributed by atoms with Gasteiger partial charge in [0.1, 0.15) is 5.82 Å². The first-order valence-electron chi connectivity index (χ1n) is 11.9. The Morgan fingerprint density at radius 3 is 2.33 bits per heavy atom. The largest absolute Gasteiger partial charge is 0.469 e. The zero-order valence-corrected chi connectivity index (χ0v) is 19.0. The summed E-state index contributed by atoms with van der Waals surface area (Å²) in [5, 5.41) is 5.82. The molecule has 4 rings (SSSR count). The summed E-state index contributed by atoms with van der Waals surface area (Å²) in [5.41, 5.74) is 0.813. The lowest BCUT2D eigenvalue weighted by atomic mass is 9.81. The summed E-state index contributed by atoms with van der Waals surface area (Å²) in [6.45, 7) is 1.42. The number of ether oxygens (including phenoxy) is 1. The Kier molecular flexibility index (Phi) is 7.25. The van der Waals surface area contributed by atoms with Gasteiger partial charge in [-0.3, -0.25) is 24.5 Å². The summed E-state index contributed by atoms with van der Waals surface area (Å²) >= 11 is 0. The summed E-state index contributed by atoms with van der Waals surface area (Å²) in [4.78, 5) is 54.4. The molecule has 178 valence electrons. The summed E-state index contributed by atoms with van der Waals surface area (Å²) in [7, 11) is 1.42. The SMILES string of the molecule is COC(=O)[C@H]1CC[C@H](C(=O)N2CCC(Nc3ccc(C4CCC(=O)NC4=O)cn3)CC2)CC1. The molecule has 2 saturated heterocycles. The number of anilines is 1. The van der Waals surface area contributed by atoms with E-state index in [2.05, 4.69) is 15.6 Å². The highest BCUT2D eigenvalue weighted by Crippen LogP contribution is 2.31. The van der Waals surface area contributed by atoms with Crippen LogP contribution in [0.15, 0.2) is 18.3 Å². The minimum atomic E-state index is -0.332. The number of nitrogens with zero attached hydrogens (tertiary/aromatic N) is 2. The fourth-order valence-electron chi connectivity index (χ4n) is 5.16. The van der Waals surface area contributed by atoms with Gasteiger partial charge in [-0.05, 0) is 56.6 Å². The van der Waals surface area contributed by atoms with Crippen LogP contribution in [0, 0.1) is 11.8 Å².